The lowest BCUT2D eigenvalue weighted by atomic mass is 9.95. The predicted molar refractivity (Wildman–Crippen MR) is 79.6 cm³/mol. The summed E-state index contributed by atoms with van der Waals surface area (Å²) in [5, 5.41) is 0. The summed E-state index contributed by atoms with van der Waals surface area (Å²) in [6.07, 6.45) is -3.72. The van der Waals surface area contributed by atoms with Gasteiger partial charge in [-0.05, 0) is 24.5 Å². The lowest BCUT2D eigenvalue weighted by Crippen LogP contribution is -2.12. The molecule has 2 heterocycles. The summed E-state index contributed by atoms with van der Waals surface area (Å²) >= 11 is 0. The highest BCUT2D eigenvalue weighted by Gasteiger charge is 2.33. The Morgan fingerprint density at radius 3 is 2.33 bits per heavy atom. The quantitative estimate of drug-likeness (QED) is 0.709. The molecule has 0 saturated carbocycles. The van der Waals surface area contributed by atoms with Crippen LogP contribution in [0.4, 0.5) is 22.0 Å². The average molecular weight is 344 g/mol. The molecule has 0 saturated heterocycles. The Balaban J connectivity index is 2.34. The molecule has 0 aliphatic rings. The first-order valence-electron chi connectivity index (χ1n) is 7.48. The van der Waals surface area contributed by atoms with Gasteiger partial charge in [0.15, 0.2) is 5.82 Å². The number of hydrogen-bond donors (Lipinski definition) is 0. The van der Waals surface area contributed by atoms with Gasteiger partial charge < -0.3 is 0 Å². The summed E-state index contributed by atoms with van der Waals surface area (Å²) < 4.78 is 66.6. The molecule has 2 aromatic heterocycles. The first-order valence-corrected chi connectivity index (χ1v) is 7.48. The Bertz CT molecular complexity index is 725. The zero-order valence-corrected chi connectivity index (χ0v) is 13.5. The Morgan fingerprint density at radius 1 is 1.08 bits per heavy atom. The van der Waals surface area contributed by atoms with Gasteiger partial charge in [-0.1, -0.05) is 26.8 Å². The summed E-state index contributed by atoms with van der Waals surface area (Å²) in [6.45, 7) is 5.03. The Labute approximate surface area is 136 Å². The van der Waals surface area contributed by atoms with Crippen LogP contribution in [0.1, 0.15) is 55.3 Å². The highest BCUT2D eigenvalue weighted by Crippen LogP contribution is 2.30. The van der Waals surface area contributed by atoms with Crippen molar-refractivity contribution in [2.45, 2.75) is 45.2 Å². The van der Waals surface area contributed by atoms with Gasteiger partial charge in [0.1, 0.15) is 11.5 Å². The van der Waals surface area contributed by atoms with Crippen LogP contribution in [0.5, 0.6) is 0 Å². The lowest BCUT2D eigenvalue weighted by molar-refractivity contribution is -0.141. The molecule has 0 aliphatic carbocycles. The van der Waals surface area contributed by atoms with Gasteiger partial charge >= 0.3 is 6.18 Å². The van der Waals surface area contributed by atoms with Crippen LogP contribution in [0, 0.1) is 11.6 Å². The van der Waals surface area contributed by atoms with Crippen molar-refractivity contribution in [2.24, 2.45) is 0 Å². The summed E-state index contributed by atoms with van der Waals surface area (Å²) in [6, 6.07) is 3.52. The lowest BCUT2D eigenvalue weighted by Gasteiger charge is -2.16. The van der Waals surface area contributed by atoms with Gasteiger partial charge in [-0.15, -0.1) is 0 Å². The summed E-state index contributed by atoms with van der Waals surface area (Å²) in [5.41, 5.74) is -0.937. The predicted octanol–water partition coefficient (Wildman–Crippen LogP) is 5.24. The molecule has 7 heteroatoms. The van der Waals surface area contributed by atoms with E-state index in [1.807, 2.05) is 0 Å². The number of nitrogens with zero attached hydrogens (tertiary/aromatic N) is 2. The zero-order valence-electron chi connectivity index (χ0n) is 13.5. The molecule has 2 rings (SSSR count). The average Bonchev–Trinajstić information content (AvgIpc) is 2.50. The number of rotatable bonds is 4. The largest absolute Gasteiger partial charge is 0.433 e. The van der Waals surface area contributed by atoms with Crippen molar-refractivity contribution in [2.75, 3.05) is 0 Å². The van der Waals surface area contributed by atoms with Gasteiger partial charge in [0.05, 0.1) is 11.9 Å². The third-order valence-corrected chi connectivity index (χ3v) is 3.72. The van der Waals surface area contributed by atoms with Crippen molar-refractivity contribution in [3.05, 3.63) is 58.7 Å². The zero-order chi connectivity index (χ0) is 18.1. The highest BCUT2D eigenvalue weighted by atomic mass is 19.4. The molecule has 1 unspecified atom stereocenters. The van der Waals surface area contributed by atoms with E-state index < -0.39 is 29.4 Å². The molecule has 0 N–H and O–H groups in total. The minimum Gasteiger partial charge on any atom is -0.255 e. The van der Waals surface area contributed by atoms with E-state index in [4.69, 9.17) is 0 Å². The molecular weight excluding hydrogens is 327 g/mol. The number of halogens is 5. The number of aromatic nitrogens is 2. The van der Waals surface area contributed by atoms with E-state index in [2.05, 4.69) is 9.97 Å². The standard InChI is InChI=1S/C17H17F5N2/c1-9(2)16-15(19)11(12(18)8-23-16)7-10(3)13-5-4-6-14(24-13)17(20,21)22/h4-6,8-10H,7H2,1-3H3. The van der Waals surface area contributed by atoms with Crippen molar-refractivity contribution < 1.29 is 22.0 Å². The van der Waals surface area contributed by atoms with Gasteiger partial charge in [-0.2, -0.15) is 13.2 Å². The van der Waals surface area contributed by atoms with E-state index in [0.29, 0.717) is 0 Å². The molecular formula is C17H17F5N2. The Kier molecular flexibility index (Phi) is 5.20. The SMILES string of the molecule is CC(C)c1ncc(F)c(CC(C)c2cccc(C(F)(F)F)n2)c1F. The van der Waals surface area contributed by atoms with E-state index in [1.165, 1.54) is 12.1 Å². The van der Waals surface area contributed by atoms with Crippen LogP contribution >= 0.6 is 0 Å². The second-order valence-electron chi connectivity index (χ2n) is 5.99. The smallest absolute Gasteiger partial charge is 0.255 e. The fraction of sp³-hybridized carbons (Fsp3) is 0.412. The molecule has 0 radical (unpaired) electrons. The monoisotopic (exact) mass is 344 g/mol. The number of alkyl halides is 3. The third-order valence-electron chi connectivity index (χ3n) is 3.72. The van der Waals surface area contributed by atoms with Crippen LogP contribution in [0.15, 0.2) is 24.4 Å². The second-order valence-corrected chi connectivity index (χ2v) is 5.99. The van der Waals surface area contributed by atoms with Gasteiger partial charge in [0, 0.05) is 17.2 Å². The molecule has 1 atom stereocenters. The van der Waals surface area contributed by atoms with Gasteiger partial charge in [-0.25, -0.2) is 13.8 Å². The Hall–Kier alpha value is -2.05. The molecule has 2 aromatic rings. The molecule has 2 nitrogen and oxygen atoms in total. The van der Waals surface area contributed by atoms with E-state index in [1.54, 1.807) is 20.8 Å². The van der Waals surface area contributed by atoms with Crippen molar-refractivity contribution in [1.29, 1.82) is 0 Å². The first kappa shape index (κ1) is 18.3. The van der Waals surface area contributed by atoms with E-state index in [9.17, 15) is 22.0 Å². The van der Waals surface area contributed by atoms with Crippen LogP contribution < -0.4 is 0 Å². The first-order chi connectivity index (χ1) is 11.1. The van der Waals surface area contributed by atoms with Crippen molar-refractivity contribution in [3.63, 3.8) is 0 Å². The van der Waals surface area contributed by atoms with Crippen LogP contribution in [-0.4, -0.2) is 9.97 Å². The normalized spacial score (nSPS) is 13.4. The minimum atomic E-state index is -4.56. The van der Waals surface area contributed by atoms with E-state index >= 15 is 0 Å². The fourth-order valence-electron chi connectivity index (χ4n) is 2.40. The number of pyridine rings is 2. The summed E-state index contributed by atoms with van der Waals surface area (Å²) in [7, 11) is 0. The molecule has 0 amide bonds. The van der Waals surface area contributed by atoms with E-state index in [0.717, 1.165) is 12.3 Å². The summed E-state index contributed by atoms with van der Waals surface area (Å²) in [5.74, 6) is -2.37. The maximum absolute atomic E-state index is 14.4. The van der Waals surface area contributed by atoms with Gasteiger partial charge in [0.2, 0.25) is 0 Å². The fourth-order valence-corrected chi connectivity index (χ4v) is 2.40. The molecule has 24 heavy (non-hydrogen) atoms. The highest BCUT2D eigenvalue weighted by molar-refractivity contribution is 5.26. The van der Waals surface area contributed by atoms with Crippen LogP contribution in [-0.2, 0) is 12.6 Å². The molecule has 130 valence electrons. The maximum atomic E-state index is 14.4. The summed E-state index contributed by atoms with van der Waals surface area (Å²) in [4.78, 5) is 7.32. The third kappa shape index (κ3) is 3.88. The maximum Gasteiger partial charge on any atom is 0.433 e. The van der Waals surface area contributed by atoms with Gasteiger partial charge in [0.25, 0.3) is 0 Å². The molecule has 0 spiro atoms. The van der Waals surface area contributed by atoms with Crippen molar-refractivity contribution in [3.8, 4) is 0 Å². The molecule has 0 aliphatic heterocycles. The van der Waals surface area contributed by atoms with Crippen molar-refractivity contribution in [1.82, 2.24) is 9.97 Å². The topological polar surface area (TPSA) is 25.8 Å². The number of hydrogen-bond acceptors (Lipinski definition) is 2. The van der Waals surface area contributed by atoms with E-state index in [-0.39, 0.29) is 29.3 Å². The van der Waals surface area contributed by atoms with Crippen LogP contribution in [0.25, 0.3) is 0 Å². The Morgan fingerprint density at radius 2 is 1.75 bits per heavy atom. The molecule has 0 aromatic carbocycles. The molecule has 0 fully saturated rings. The van der Waals surface area contributed by atoms with Crippen LogP contribution in [0.2, 0.25) is 0 Å². The molecule has 0 bridgehead atoms. The van der Waals surface area contributed by atoms with Gasteiger partial charge in [-0.3, -0.25) is 4.98 Å². The van der Waals surface area contributed by atoms with Crippen molar-refractivity contribution >= 4 is 0 Å². The second kappa shape index (κ2) is 6.83. The van der Waals surface area contributed by atoms with Crippen LogP contribution in [0.3, 0.4) is 0 Å². The minimum absolute atomic E-state index is 0.103.